The van der Waals surface area contributed by atoms with Crippen LogP contribution in [-0.2, 0) is 10.0 Å². The summed E-state index contributed by atoms with van der Waals surface area (Å²) in [6.07, 6.45) is 0. The van der Waals surface area contributed by atoms with Crippen molar-refractivity contribution in [3.05, 3.63) is 23.8 Å². The molecule has 1 rings (SSSR count). The van der Waals surface area contributed by atoms with Crippen LogP contribution in [0.4, 0.5) is 5.69 Å². The number of hydrazone groups is 1. The summed E-state index contributed by atoms with van der Waals surface area (Å²) in [5.74, 6) is 0. The fraction of sp³-hybridized carbons (Fsp3) is 0.100. The minimum Gasteiger partial charge on any atom is -0.276 e. The number of rotatable bonds is 3. The van der Waals surface area contributed by atoms with E-state index in [0.717, 1.165) is 0 Å². The Morgan fingerprint density at radius 3 is 2.50 bits per heavy atom. The standard InChI is InChI=1S/C10H9N5O2S/c1-7-2-3-8(4-10(7)18(13,16)17)14-15-9(5-11)6-12/h2-4,14H,1H3,(H2,13,16,17). The Kier molecular flexibility index (Phi) is 4.00. The predicted molar refractivity (Wildman–Crippen MR) is 64.8 cm³/mol. The van der Waals surface area contributed by atoms with Crippen molar-refractivity contribution in [2.75, 3.05) is 5.43 Å². The van der Waals surface area contributed by atoms with E-state index in [1.807, 2.05) is 0 Å². The van der Waals surface area contributed by atoms with Gasteiger partial charge in [-0.3, -0.25) is 5.43 Å². The number of hydrogen-bond donors (Lipinski definition) is 2. The number of primary sulfonamides is 1. The molecule has 0 bridgehead atoms. The fourth-order valence-corrected chi connectivity index (χ4v) is 1.98. The maximum atomic E-state index is 11.3. The first-order valence-electron chi connectivity index (χ1n) is 4.66. The van der Waals surface area contributed by atoms with Crippen LogP contribution in [0.1, 0.15) is 5.56 Å². The molecule has 0 aromatic heterocycles. The molecule has 0 spiro atoms. The molecule has 0 saturated heterocycles. The molecule has 0 saturated carbocycles. The summed E-state index contributed by atoms with van der Waals surface area (Å²) in [5.41, 5.74) is 2.85. The van der Waals surface area contributed by atoms with Gasteiger partial charge in [-0.15, -0.1) is 0 Å². The number of nitrogens with two attached hydrogens (primary N) is 1. The second-order valence-electron chi connectivity index (χ2n) is 3.32. The molecule has 0 fully saturated rings. The lowest BCUT2D eigenvalue weighted by molar-refractivity contribution is 0.597. The number of sulfonamides is 1. The average Bonchev–Trinajstić information content (AvgIpc) is 2.31. The van der Waals surface area contributed by atoms with Gasteiger partial charge in [-0.1, -0.05) is 6.07 Å². The van der Waals surface area contributed by atoms with Crippen molar-refractivity contribution in [1.29, 1.82) is 10.5 Å². The third-order valence-corrected chi connectivity index (χ3v) is 3.06. The van der Waals surface area contributed by atoms with Crippen molar-refractivity contribution >= 4 is 21.4 Å². The van der Waals surface area contributed by atoms with Gasteiger partial charge in [0.1, 0.15) is 12.1 Å². The van der Waals surface area contributed by atoms with E-state index in [1.54, 1.807) is 25.1 Å². The van der Waals surface area contributed by atoms with Crippen molar-refractivity contribution in [3.63, 3.8) is 0 Å². The number of hydrogen-bond acceptors (Lipinski definition) is 6. The molecule has 7 nitrogen and oxygen atoms in total. The highest BCUT2D eigenvalue weighted by Crippen LogP contribution is 2.18. The molecule has 0 amide bonds. The summed E-state index contributed by atoms with van der Waals surface area (Å²) in [6.45, 7) is 1.60. The van der Waals surface area contributed by atoms with Gasteiger partial charge < -0.3 is 0 Å². The van der Waals surface area contributed by atoms with Gasteiger partial charge in [0.15, 0.2) is 0 Å². The lowest BCUT2D eigenvalue weighted by Gasteiger charge is -2.06. The normalized spacial score (nSPS) is 10.0. The highest BCUT2D eigenvalue weighted by Gasteiger charge is 2.11. The van der Waals surface area contributed by atoms with Crippen molar-refractivity contribution in [2.45, 2.75) is 11.8 Å². The molecule has 0 aliphatic carbocycles. The van der Waals surface area contributed by atoms with Gasteiger partial charge in [0.25, 0.3) is 0 Å². The van der Waals surface area contributed by atoms with Crippen LogP contribution < -0.4 is 10.6 Å². The quantitative estimate of drug-likeness (QED) is 0.603. The van der Waals surface area contributed by atoms with Crippen molar-refractivity contribution in [1.82, 2.24) is 0 Å². The maximum absolute atomic E-state index is 11.3. The van der Waals surface area contributed by atoms with Crippen LogP contribution in [0.15, 0.2) is 28.2 Å². The number of aryl methyl sites for hydroxylation is 1. The molecule has 0 aliphatic rings. The van der Waals surface area contributed by atoms with Gasteiger partial charge in [0, 0.05) is 0 Å². The zero-order valence-corrected chi connectivity index (χ0v) is 10.2. The van der Waals surface area contributed by atoms with Gasteiger partial charge in [-0.2, -0.15) is 15.6 Å². The zero-order chi connectivity index (χ0) is 13.8. The Hall–Kier alpha value is -2.42. The van der Waals surface area contributed by atoms with E-state index in [4.69, 9.17) is 15.7 Å². The van der Waals surface area contributed by atoms with Crippen molar-refractivity contribution in [3.8, 4) is 12.1 Å². The first-order valence-corrected chi connectivity index (χ1v) is 6.20. The monoisotopic (exact) mass is 263 g/mol. The van der Waals surface area contributed by atoms with Crippen LogP contribution in [0, 0.1) is 29.6 Å². The van der Waals surface area contributed by atoms with Gasteiger partial charge >= 0.3 is 0 Å². The number of benzene rings is 1. The smallest absolute Gasteiger partial charge is 0.238 e. The second kappa shape index (κ2) is 5.27. The summed E-state index contributed by atoms with van der Waals surface area (Å²) in [5, 5.41) is 25.5. The van der Waals surface area contributed by atoms with E-state index < -0.39 is 10.0 Å². The molecule has 0 unspecified atom stereocenters. The van der Waals surface area contributed by atoms with E-state index in [1.165, 1.54) is 12.1 Å². The number of nitrogens with zero attached hydrogens (tertiary/aromatic N) is 3. The van der Waals surface area contributed by atoms with Crippen LogP contribution in [-0.4, -0.2) is 14.1 Å². The van der Waals surface area contributed by atoms with E-state index in [0.29, 0.717) is 11.3 Å². The van der Waals surface area contributed by atoms with Gasteiger partial charge in [0.2, 0.25) is 15.7 Å². The summed E-state index contributed by atoms with van der Waals surface area (Å²) >= 11 is 0. The minimum absolute atomic E-state index is 0.0434. The summed E-state index contributed by atoms with van der Waals surface area (Å²) < 4.78 is 22.5. The van der Waals surface area contributed by atoms with Crippen molar-refractivity contribution < 1.29 is 8.42 Å². The van der Waals surface area contributed by atoms with Gasteiger partial charge in [0.05, 0.1) is 10.6 Å². The third kappa shape index (κ3) is 3.28. The summed E-state index contributed by atoms with van der Waals surface area (Å²) in [4.78, 5) is -0.0434. The summed E-state index contributed by atoms with van der Waals surface area (Å²) in [6, 6.07) is 7.49. The Labute approximate surface area is 104 Å². The van der Waals surface area contributed by atoms with Crippen LogP contribution in [0.5, 0.6) is 0 Å². The van der Waals surface area contributed by atoms with Crippen molar-refractivity contribution in [2.24, 2.45) is 10.2 Å². The molecular weight excluding hydrogens is 254 g/mol. The molecule has 92 valence electrons. The number of nitriles is 2. The Balaban J connectivity index is 3.13. The van der Waals surface area contributed by atoms with Crippen LogP contribution in [0.2, 0.25) is 0 Å². The minimum atomic E-state index is -3.82. The first-order chi connectivity index (χ1) is 8.38. The van der Waals surface area contributed by atoms with E-state index in [9.17, 15) is 8.42 Å². The van der Waals surface area contributed by atoms with Crippen LogP contribution >= 0.6 is 0 Å². The molecule has 0 radical (unpaired) electrons. The van der Waals surface area contributed by atoms with Gasteiger partial charge in [-0.25, -0.2) is 13.6 Å². The summed E-state index contributed by atoms with van der Waals surface area (Å²) in [7, 11) is -3.82. The predicted octanol–water partition coefficient (Wildman–Crippen LogP) is 0.457. The Morgan fingerprint density at radius 1 is 1.39 bits per heavy atom. The van der Waals surface area contributed by atoms with E-state index in [-0.39, 0.29) is 10.6 Å². The number of anilines is 1. The largest absolute Gasteiger partial charge is 0.276 e. The highest BCUT2D eigenvalue weighted by molar-refractivity contribution is 7.89. The van der Waals surface area contributed by atoms with Gasteiger partial charge in [-0.05, 0) is 24.6 Å². The molecule has 3 N–H and O–H groups in total. The lowest BCUT2D eigenvalue weighted by Crippen LogP contribution is -2.13. The molecule has 1 aromatic rings. The molecular formula is C10H9N5O2S. The fourth-order valence-electron chi connectivity index (χ4n) is 1.17. The van der Waals surface area contributed by atoms with Crippen LogP contribution in [0.25, 0.3) is 0 Å². The lowest BCUT2D eigenvalue weighted by atomic mass is 10.2. The Bertz CT molecular complexity index is 663. The second-order valence-corrected chi connectivity index (χ2v) is 4.85. The molecule has 0 aliphatic heterocycles. The molecule has 8 heteroatoms. The third-order valence-electron chi connectivity index (χ3n) is 2.00. The van der Waals surface area contributed by atoms with E-state index >= 15 is 0 Å². The highest BCUT2D eigenvalue weighted by atomic mass is 32.2. The SMILES string of the molecule is Cc1ccc(NN=C(C#N)C#N)cc1S(N)(=O)=O. The molecule has 0 atom stereocenters. The maximum Gasteiger partial charge on any atom is 0.238 e. The Morgan fingerprint density at radius 2 is 2.00 bits per heavy atom. The van der Waals surface area contributed by atoms with E-state index in [2.05, 4.69) is 10.5 Å². The molecule has 18 heavy (non-hydrogen) atoms. The zero-order valence-electron chi connectivity index (χ0n) is 9.38. The average molecular weight is 263 g/mol. The molecule has 1 aromatic carbocycles. The topological polar surface area (TPSA) is 132 Å². The first kappa shape index (κ1) is 13.6. The number of nitrogens with one attached hydrogen (secondary N) is 1. The molecule has 0 heterocycles. The van der Waals surface area contributed by atoms with Crippen LogP contribution in [0.3, 0.4) is 0 Å².